The van der Waals surface area contributed by atoms with Gasteiger partial charge in [0.05, 0.1) is 12.5 Å². The van der Waals surface area contributed by atoms with E-state index in [0.29, 0.717) is 19.4 Å². The molecule has 0 heterocycles. The molecule has 4 nitrogen and oxygen atoms in total. The number of unbranched alkanes of at least 4 members (excludes halogenated alkanes) is 4. The van der Waals surface area contributed by atoms with Gasteiger partial charge in [0.1, 0.15) is 0 Å². The Balaban J connectivity index is 0.00000484. The van der Waals surface area contributed by atoms with E-state index in [1.54, 1.807) is 0 Å². The fourth-order valence-electron chi connectivity index (χ4n) is 2.90. The quantitative estimate of drug-likeness (QED) is 0.245. The van der Waals surface area contributed by atoms with Crippen LogP contribution in [0.3, 0.4) is 0 Å². The van der Waals surface area contributed by atoms with Gasteiger partial charge in [0.15, 0.2) is 0 Å². The van der Waals surface area contributed by atoms with Gasteiger partial charge in [-0.25, -0.2) is 0 Å². The van der Waals surface area contributed by atoms with Crippen LogP contribution in [-0.2, 0) is 14.3 Å². The fourth-order valence-corrected chi connectivity index (χ4v) is 2.90. The first-order valence-electron chi connectivity index (χ1n) is 8.69. The van der Waals surface area contributed by atoms with Crippen molar-refractivity contribution in [2.24, 2.45) is 11.8 Å². The summed E-state index contributed by atoms with van der Waals surface area (Å²) < 4.78 is 5.25. The van der Waals surface area contributed by atoms with Gasteiger partial charge in [-0.1, -0.05) is 44.8 Å². The Hall–Kier alpha value is -0.320. The summed E-state index contributed by atoms with van der Waals surface area (Å²) >= 11 is 0. The second-order valence-corrected chi connectivity index (χ2v) is 6.09. The normalized spacial score (nSPS) is 20.9. The molecule has 0 aromatic carbocycles. The molecule has 1 fully saturated rings. The van der Waals surface area contributed by atoms with Crippen LogP contribution in [0.15, 0.2) is 12.2 Å². The van der Waals surface area contributed by atoms with Gasteiger partial charge in [0, 0.05) is 11.9 Å². The molecule has 0 aromatic heterocycles. The summed E-state index contributed by atoms with van der Waals surface area (Å²) in [6.45, 7) is 2.57. The van der Waals surface area contributed by atoms with Crippen molar-refractivity contribution in [3.8, 4) is 0 Å². The van der Waals surface area contributed by atoms with E-state index in [0.717, 1.165) is 38.5 Å². The van der Waals surface area contributed by atoms with E-state index in [4.69, 9.17) is 4.74 Å². The molecule has 0 bridgehead atoms. The van der Waals surface area contributed by atoms with Crippen molar-refractivity contribution >= 4 is 11.9 Å². The number of ether oxygens (including phenoxy) is 1. The molecule has 0 radical (unpaired) electrons. The molecule has 23 heavy (non-hydrogen) atoms. The van der Waals surface area contributed by atoms with E-state index in [2.05, 4.69) is 19.1 Å². The molecule has 1 aliphatic rings. The zero-order chi connectivity index (χ0) is 16.2. The Kier molecular flexibility index (Phi) is 13.9. The summed E-state index contributed by atoms with van der Waals surface area (Å²) in [5.41, 5.74) is 0. The smallest absolute Gasteiger partial charge is 0.550 e. The third-order valence-corrected chi connectivity index (χ3v) is 4.27. The molecular weight excluding hydrogens is 303 g/mol. The van der Waals surface area contributed by atoms with Crippen LogP contribution in [0.25, 0.3) is 0 Å². The summed E-state index contributed by atoms with van der Waals surface area (Å²) in [6.07, 6.45) is 13.7. The molecule has 0 aromatic rings. The van der Waals surface area contributed by atoms with E-state index < -0.39 is 17.8 Å². The van der Waals surface area contributed by atoms with Gasteiger partial charge < -0.3 is 14.6 Å². The van der Waals surface area contributed by atoms with Crippen LogP contribution >= 0.6 is 0 Å². The second kappa shape index (κ2) is 14.1. The SMILES string of the molecule is CCCC/C=C/CCCCOC(=O)C1CCCCC1C(=O)[O-].[Na+]. The van der Waals surface area contributed by atoms with Gasteiger partial charge >= 0.3 is 35.5 Å². The van der Waals surface area contributed by atoms with E-state index >= 15 is 0 Å². The summed E-state index contributed by atoms with van der Waals surface area (Å²) in [5.74, 6) is -2.64. The van der Waals surface area contributed by atoms with Crippen LogP contribution < -0.4 is 34.7 Å². The number of aliphatic carboxylic acids is 1. The molecule has 0 aliphatic heterocycles. The fraction of sp³-hybridized carbons (Fsp3) is 0.778. The van der Waals surface area contributed by atoms with Gasteiger partial charge in [-0.05, 0) is 38.5 Å². The molecule has 1 aliphatic carbocycles. The zero-order valence-electron chi connectivity index (χ0n) is 14.7. The third kappa shape index (κ3) is 9.53. The number of allylic oxidation sites excluding steroid dienone is 2. The minimum Gasteiger partial charge on any atom is -0.550 e. The molecule has 126 valence electrons. The molecule has 2 unspecified atom stereocenters. The summed E-state index contributed by atoms with van der Waals surface area (Å²) in [5, 5.41) is 11.1. The first-order chi connectivity index (χ1) is 10.7. The molecule has 1 saturated carbocycles. The second-order valence-electron chi connectivity index (χ2n) is 6.09. The minimum atomic E-state index is -1.11. The summed E-state index contributed by atoms with van der Waals surface area (Å²) in [4.78, 5) is 23.1. The Morgan fingerprint density at radius 2 is 1.65 bits per heavy atom. The number of hydrogen-bond acceptors (Lipinski definition) is 4. The predicted octanol–water partition coefficient (Wildman–Crippen LogP) is 0.00660. The van der Waals surface area contributed by atoms with Crippen LogP contribution in [0.1, 0.15) is 71.1 Å². The molecule has 0 N–H and O–H groups in total. The maximum atomic E-state index is 12.0. The van der Waals surface area contributed by atoms with Crippen LogP contribution in [0.4, 0.5) is 0 Å². The summed E-state index contributed by atoms with van der Waals surface area (Å²) in [7, 11) is 0. The number of hydrogen-bond donors (Lipinski definition) is 0. The van der Waals surface area contributed by atoms with Gasteiger partial charge in [-0.15, -0.1) is 0 Å². The largest absolute Gasteiger partial charge is 1.00 e. The van der Waals surface area contributed by atoms with Crippen molar-refractivity contribution < 1.29 is 49.0 Å². The average Bonchev–Trinajstić information content (AvgIpc) is 2.53. The number of rotatable bonds is 10. The Labute approximate surface area is 162 Å². The van der Waals surface area contributed by atoms with Crippen LogP contribution in [0.2, 0.25) is 0 Å². The van der Waals surface area contributed by atoms with Crippen molar-refractivity contribution in [2.75, 3.05) is 6.61 Å². The Morgan fingerprint density at radius 3 is 2.26 bits per heavy atom. The van der Waals surface area contributed by atoms with Crippen LogP contribution in [-0.4, -0.2) is 18.5 Å². The van der Waals surface area contributed by atoms with E-state index in [1.165, 1.54) is 12.8 Å². The van der Waals surface area contributed by atoms with E-state index in [-0.39, 0.29) is 35.5 Å². The van der Waals surface area contributed by atoms with Crippen molar-refractivity contribution in [1.29, 1.82) is 0 Å². The standard InChI is InChI=1S/C18H30O4.Na/c1-2-3-4-5-6-7-8-11-14-22-18(21)16-13-10-9-12-15(16)17(19)20;/h5-6,15-16H,2-4,7-14H2,1H3,(H,19,20);/q;+1/p-1/b6-5+;. The number of carbonyl (C=O) groups excluding carboxylic acids is 2. The maximum Gasteiger partial charge on any atom is 1.00 e. The first-order valence-corrected chi connectivity index (χ1v) is 8.69. The van der Waals surface area contributed by atoms with E-state index in [9.17, 15) is 14.7 Å². The minimum absolute atomic E-state index is 0. The zero-order valence-corrected chi connectivity index (χ0v) is 16.7. The number of carboxylic acid groups (broad SMARTS) is 1. The number of carboxylic acids is 1. The van der Waals surface area contributed by atoms with Gasteiger partial charge in [0.2, 0.25) is 0 Å². The molecule has 0 saturated heterocycles. The van der Waals surface area contributed by atoms with Crippen molar-refractivity contribution in [2.45, 2.75) is 71.1 Å². The monoisotopic (exact) mass is 332 g/mol. The average molecular weight is 332 g/mol. The Morgan fingerprint density at radius 1 is 1.04 bits per heavy atom. The molecule has 2 atom stereocenters. The number of carbonyl (C=O) groups is 2. The predicted molar refractivity (Wildman–Crippen MR) is 83.9 cm³/mol. The van der Waals surface area contributed by atoms with E-state index in [1.807, 2.05) is 0 Å². The molecule has 0 amide bonds. The number of esters is 1. The van der Waals surface area contributed by atoms with Gasteiger partial charge in [-0.3, -0.25) is 4.79 Å². The first kappa shape index (κ1) is 22.7. The van der Waals surface area contributed by atoms with Crippen molar-refractivity contribution in [3.63, 3.8) is 0 Å². The van der Waals surface area contributed by atoms with Crippen LogP contribution in [0, 0.1) is 11.8 Å². The van der Waals surface area contributed by atoms with Gasteiger partial charge in [0.25, 0.3) is 0 Å². The topological polar surface area (TPSA) is 66.4 Å². The Bertz CT molecular complexity index is 368. The molecule has 5 heteroatoms. The molecule has 1 rings (SSSR count). The summed E-state index contributed by atoms with van der Waals surface area (Å²) in [6, 6.07) is 0. The molecule has 0 spiro atoms. The van der Waals surface area contributed by atoms with Crippen molar-refractivity contribution in [3.05, 3.63) is 12.2 Å². The van der Waals surface area contributed by atoms with Crippen molar-refractivity contribution in [1.82, 2.24) is 0 Å². The van der Waals surface area contributed by atoms with Gasteiger partial charge in [-0.2, -0.15) is 0 Å². The van der Waals surface area contributed by atoms with Crippen LogP contribution in [0.5, 0.6) is 0 Å². The maximum absolute atomic E-state index is 12.0. The molecular formula is C18H29NaO4. The third-order valence-electron chi connectivity index (χ3n) is 4.27.